The Morgan fingerprint density at radius 3 is 2.84 bits per heavy atom. The summed E-state index contributed by atoms with van der Waals surface area (Å²) in [5.74, 6) is 0.409. The predicted octanol–water partition coefficient (Wildman–Crippen LogP) is 2.64. The van der Waals surface area contributed by atoms with Gasteiger partial charge in [0.1, 0.15) is 11.8 Å². The molecule has 25 heavy (non-hydrogen) atoms. The molecule has 1 N–H and O–H groups in total. The third kappa shape index (κ3) is 2.93. The molecule has 0 spiro atoms. The van der Waals surface area contributed by atoms with Crippen molar-refractivity contribution in [2.24, 2.45) is 0 Å². The van der Waals surface area contributed by atoms with Gasteiger partial charge in [-0.3, -0.25) is 9.48 Å². The van der Waals surface area contributed by atoms with Gasteiger partial charge in [0.2, 0.25) is 0 Å². The van der Waals surface area contributed by atoms with Crippen LogP contribution in [0.15, 0.2) is 47.2 Å². The van der Waals surface area contributed by atoms with Gasteiger partial charge in [0.25, 0.3) is 5.91 Å². The summed E-state index contributed by atoms with van der Waals surface area (Å²) < 4.78 is 7.37. The summed E-state index contributed by atoms with van der Waals surface area (Å²) in [6.07, 6.45) is 5.15. The average Bonchev–Trinajstić information content (AvgIpc) is 3.28. The highest BCUT2D eigenvalue weighted by Crippen LogP contribution is 2.30. The lowest BCUT2D eigenvalue weighted by Crippen LogP contribution is -2.38. The maximum atomic E-state index is 12.9. The molecule has 0 saturated carbocycles. The summed E-state index contributed by atoms with van der Waals surface area (Å²) in [5.41, 5.74) is 2.53. The molecule has 1 aromatic carbocycles. The number of fused-ring (bicyclic) bond motifs is 1. The van der Waals surface area contributed by atoms with Gasteiger partial charge < -0.3 is 14.4 Å². The quantitative estimate of drug-likeness (QED) is 0.793. The first-order valence-corrected chi connectivity index (χ1v) is 8.66. The maximum Gasteiger partial charge on any atom is 0.257 e. The molecule has 0 atom stereocenters. The third-order valence-corrected chi connectivity index (χ3v) is 4.97. The first-order chi connectivity index (χ1) is 12.3. The minimum absolute atomic E-state index is 0.0345. The Balaban J connectivity index is 1.46. The standard InChI is InChI=1S/C19H21N3O3/c23-12-11-22-17(5-8-20-22)14-6-9-21(10-7-14)19(24)16-13-25-18-4-2-1-3-15(16)18/h1-5,8,13-14,23H,6-7,9-12H2. The molecule has 4 rings (SSSR count). The Labute approximate surface area is 145 Å². The summed E-state index contributed by atoms with van der Waals surface area (Å²) in [4.78, 5) is 14.8. The lowest BCUT2D eigenvalue weighted by Gasteiger charge is -2.32. The molecule has 1 aliphatic rings. The van der Waals surface area contributed by atoms with Crippen LogP contribution in [0.5, 0.6) is 0 Å². The average molecular weight is 339 g/mol. The molecular weight excluding hydrogens is 318 g/mol. The van der Waals surface area contributed by atoms with Crippen molar-refractivity contribution in [1.29, 1.82) is 0 Å². The molecule has 6 nitrogen and oxygen atoms in total. The maximum absolute atomic E-state index is 12.9. The highest BCUT2D eigenvalue weighted by molar-refractivity contribution is 6.05. The summed E-state index contributed by atoms with van der Waals surface area (Å²) in [7, 11) is 0. The molecule has 1 fully saturated rings. The van der Waals surface area contributed by atoms with Gasteiger partial charge in [-0.2, -0.15) is 5.10 Å². The van der Waals surface area contributed by atoms with E-state index in [1.165, 1.54) is 0 Å². The van der Waals surface area contributed by atoms with Gasteiger partial charge in [-0.15, -0.1) is 0 Å². The zero-order valence-corrected chi connectivity index (χ0v) is 14.0. The fraction of sp³-hybridized carbons (Fsp3) is 0.368. The van der Waals surface area contributed by atoms with Crippen molar-refractivity contribution in [3.63, 3.8) is 0 Å². The number of hydrogen-bond acceptors (Lipinski definition) is 4. The molecular formula is C19H21N3O3. The van der Waals surface area contributed by atoms with E-state index in [0.29, 0.717) is 31.1 Å². The largest absolute Gasteiger partial charge is 0.463 e. The van der Waals surface area contributed by atoms with Crippen molar-refractivity contribution < 1.29 is 14.3 Å². The Hall–Kier alpha value is -2.60. The van der Waals surface area contributed by atoms with E-state index in [0.717, 1.165) is 29.5 Å². The van der Waals surface area contributed by atoms with E-state index in [9.17, 15) is 4.79 Å². The van der Waals surface area contributed by atoms with Gasteiger partial charge >= 0.3 is 0 Å². The number of aliphatic hydroxyl groups is 1. The van der Waals surface area contributed by atoms with Crippen LogP contribution in [0.4, 0.5) is 0 Å². The molecule has 0 unspecified atom stereocenters. The number of likely N-dealkylation sites (tertiary alicyclic amines) is 1. The number of carbonyl (C=O) groups is 1. The minimum Gasteiger partial charge on any atom is -0.463 e. The van der Waals surface area contributed by atoms with Crippen molar-refractivity contribution in [3.8, 4) is 0 Å². The van der Waals surface area contributed by atoms with Crippen molar-refractivity contribution in [1.82, 2.24) is 14.7 Å². The Kier molecular flexibility index (Phi) is 4.28. The number of aromatic nitrogens is 2. The number of rotatable bonds is 4. The summed E-state index contributed by atoms with van der Waals surface area (Å²) in [6, 6.07) is 9.64. The monoisotopic (exact) mass is 339 g/mol. The molecule has 0 radical (unpaired) electrons. The van der Waals surface area contributed by atoms with E-state index in [1.807, 2.05) is 39.9 Å². The van der Waals surface area contributed by atoms with Crippen LogP contribution in [0.2, 0.25) is 0 Å². The molecule has 2 aromatic heterocycles. The molecule has 6 heteroatoms. The Morgan fingerprint density at radius 2 is 2.04 bits per heavy atom. The number of piperidine rings is 1. The fourth-order valence-electron chi connectivity index (χ4n) is 3.66. The van der Waals surface area contributed by atoms with Crippen LogP contribution in [0.1, 0.15) is 34.8 Å². The molecule has 0 bridgehead atoms. The fourth-order valence-corrected chi connectivity index (χ4v) is 3.66. The molecule has 130 valence electrons. The number of carbonyl (C=O) groups excluding carboxylic acids is 1. The number of para-hydroxylation sites is 1. The Bertz CT molecular complexity index is 875. The van der Waals surface area contributed by atoms with Crippen molar-refractivity contribution in [2.75, 3.05) is 19.7 Å². The smallest absolute Gasteiger partial charge is 0.257 e. The summed E-state index contributed by atoms with van der Waals surface area (Å²) >= 11 is 0. The van der Waals surface area contributed by atoms with Gasteiger partial charge in [0.15, 0.2) is 0 Å². The van der Waals surface area contributed by atoms with Crippen LogP contribution in [0.3, 0.4) is 0 Å². The van der Waals surface area contributed by atoms with Crippen LogP contribution in [0.25, 0.3) is 11.0 Å². The molecule has 1 aliphatic heterocycles. The normalized spacial score (nSPS) is 15.8. The number of amides is 1. The van der Waals surface area contributed by atoms with Crippen LogP contribution in [-0.4, -0.2) is 45.4 Å². The lowest BCUT2D eigenvalue weighted by atomic mass is 9.93. The molecule has 1 saturated heterocycles. The third-order valence-electron chi connectivity index (χ3n) is 4.97. The predicted molar refractivity (Wildman–Crippen MR) is 93.4 cm³/mol. The number of furan rings is 1. The zero-order chi connectivity index (χ0) is 17.2. The van der Waals surface area contributed by atoms with E-state index in [2.05, 4.69) is 5.10 Å². The second kappa shape index (κ2) is 6.72. The molecule has 3 aromatic rings. The summed E-state index contributed by atoms with van der Waals surface area (Å²) in [5, 5.41) is 14.3. The number of hydrogen-bond donors (Lipinski definition) is 1. The molecule has 3 heterocycles. The van der Waals surface area contributed by atoms with Crippen LogP contribution >= 0.6 is 0 Å². The van der Waals surface area contributed by atoms with E-state index in [4.69, 9.17) is 9.52 Å². The lowest BCUT2D eigenvalue weighted by molar-refractivity contribution is 0.0712. The van der Waals surface area contributed by atoms with Crippen LogP contribution in [0, 0.1) is 0 Å². The minimum atomic E-state index is 0.0345. The summed E-state index contributed by atoms with van der Waals surface area (Å²) in [6.45, 7) is 2.03. The highest BCUT2D eigenvalue weighted by atomic mass is 16.3. The molecule has 1 amide bonds. The topological polar surface area (TPSA) is 71.5 Å². The van der Waals surface area contributed by atoms with Crippen molar-refractivity contribution in [3.05, 3.63) is 54.0 Å². The second-order valence-electron chi connectivity index (χ2n) is 6.41. The SMILES string of the molecule is O=C(c1coc2ccccc12)N1CCC(c2ccnn2CCO)CC1. The van der Waals surface area contributed by atoms with Gasteiger partial charge in [-0.1, -0.05) is 18.2 Å². The van der Waals surface area contributed by atoms with E-state index < -0.39 is 0 Å². The first-order valence-electron chi connectivity index (χ1n) is 8.66. The number of nitrogens with zero attached hydrogens (tertiary/aromatic N) is 3. The highest BCUT2D eigenvalue weighted by Gasteiger charge is 2.27. The van der Waals surface area contributed by atoms with Gasteiger partial charge in [0, 0.05) is 36.3 Å². The van der Waals surface area contributed by atoms with E-state index >= 15 is 0 Å². The second-order valence-corrected chi connectivity index (χ2v) is 6.41. The van der Waals surface area contributed by atoms with Crippen molar-refractivity contribution in [2.45, 2.75) is 25.3 Å². The van der Waals surface area contributed by atoms with Crippen LogP contribution in [-0.2, 0) is 6.54 Å². The van der Waals surface area contributed by atoms with Gasteiger partial charge in [-0.25, -0.2) is 0 Å². The van der Waals surface area contributed by atoms with E-state index in [1.54, 1.807) is 12.5 Å². The number of aliphatic hydroxyl groups excluding tert-OH is 1. The van der Waals surface area contributed by atoms with Crippen molar-refractivity contribution >= 4 is 16.9 Å². The molecule has 0 aliphatic carbocycles. The van der Waals surface area contributed by atoms with Gasteiger partial charge in [-0.05, 0) is 25.0 Å². The Morgan fingerprint density at radius 1 is 1.24 bits per heavy atom. The van der Waals surface area contributed by atoms with Gasteiger partial charge in [0.05, 0.1) is 18.7 Å². The number of benzene rings is 1. The van der Waals surface area contributed by atoms with E-state index in [-0.39, 0.29) is 12.5 Å². The van der Waals surface area contributed by atoms with Crippen LogP contribution < -0.4 is 0 Å². The first kappa shape index (κ1) is 15.9. The zero-order valence-electron chi connectivity index (χ0n) is 14.0.